The number of nitrogens with zero attached hydrogens (tertiary/aromatic N) is 2. The van der Waals surface area contributed by atoms with Crippen molar-refractivity contribution in [3.8, 4) is 17.1 Å². The van der Waals surface area contributed by atoms with Gasteiger partial charge in [-0.2, -0.15) is 26.3 Å². The molecule has 0 saturated carbocycles. The quantitative estimate of drug-likeness (QED) is 0.367. The summed E-state index contributed by atoms with van der Waals surface area (Å²) in [5.74, 6) is -15.7. The fraction of sp³-hybridized carbons (Fsp3) is 0.474. The van der Waals surface area contributed by atoms with Crippen molar-refractivity contribution in [1.29, 1.82) is 0 Å². The summed E-state index contributed by atoms with van der Waals surface area (Å²) in [7, 11) is 0. The minimum Gasteiger partial charge on any atom is -0.487 e. The molecular weight excluding hydrogens is 402 g/mol. The molecule has 0 radical (unpaired) electrons. The van der Waals surface area contributed by atoms with Crippen molar-refractivity contribution in [3.63, 3.8) is 0 Å². The summed E-state index contributed by atoms with van der Waals surface area (Å²) in [6.45, 7) is -2.21. The number of halogens is 6. The van der Waals surface area contributed by atoms with Crippen LogP contribution >= 0.6 is 0 Å². The van der Waals surface area contributed by atoms with Crippen LogP contribution in [0.4, 0.5) is 26.3 Å². The van der Waals surface area contributed by atoms with E-state index >= 15 is 0 Å². The molecular formula is C19H20F6N2O2. The van der Waals surface area contributed by atoms with E-state index in [1.165, 1.54) is 36.7 Å². The molecule has 1 aromatic heterocycles. The van der Waals surface area contributed by atoms with Crippen LogP contribution in [-0.4, -0.2) is 47.6 Å². The molecule has 0 atom stereocenters. The predicted octanol–water partition coefficient (Wildman–Crippen LogP) is 5.25. The Hall–Kier alpha value is -2.36. The first-order valence-electron chi connectivity index (χ1n) is 8.82. The molecule has 0 aliphatic carbocycles. The summed E-state index contributed by atoms with van der Waals surface area (Å²) in [5.41, 5.74) is 0.533. The van der Waals surface area contributed by atoms with Crippen LogP contribution in [0.25, 0.3) is 11.4 Å². The number of aromatic nitrogens is 2. The number of hydrogen-bond acceptors (Lipinski definition) is 4. The van der Waals surface area contributed by atoms with Crippen molar-refractivity contribution < 1.29 is 35.8 Å². The molecule has 0 aliphatic rings. The van der Waals surface area contributed by atoms with Gasteiger partial charge in [0, 0.05) is 24.6 Å². The second-order valence-electron chi connectivity index (χ2n) is 6.27. The maximum atomic E-state index is 13.9. The molecule has 0 aliphatic heterocycles. The highest BCUT2D eigenvalue weighted by molar-refractivity contribution is 5.55. The second kappa shape index (κ2) is 9.43. The lowest BCUT2D eigenvalue weighted by Crippen LogP contribution is -2.58. The fourth-order valence-corrected chi connectivity index (χ4v) is 2.22. The van der Waals surface area contributed by atoms with E-state index in [9.17, 15) is 26.3 Å². The van der Waals surface area contributed by atoms with Gasteiger partial charge in [-0.1, -0.05) is 13.3 Å². The minimum atomic E-state index is -5.65. The molecule has 0 bridgehead atoms. The van der Waals surface area contributed by atoms with E-state index < -0.39 is 31.0 Å². The van der Waals surface area contributed by atoms with Crippen LogP contribution in [0.15, 0.2) is 42.7 Å². The van der Waals surface area contributed by atoms with Crippen LogP contribution in [-0.2, 0) is 4.74 Å². The fourth-order valence-electron chi connectivity index (χ4n) is 2.22. The summed E-state index contributed by atoms with van der Waals surface area (Å²) in [6, 6.07) is 6.92. The lowest BCUT2D eigenvalue weighted by atomic mass is 10.1. The Bertz CT molecular complexity index is 757. The zero-order valence-corrected chi connectivity index (χ0v) is 15.6. The van der Waals surface area contributed by atoms with Gasteiger partial charge in [0.05, 0.1) is 0 Å². The summed E-state index contributed by atoms with van der Waals surface area (Å²) in [6.07, 6.45) is 3.94. The molecule has 29 heavy (non-hydrogen) atoms. The van der Waals surface area contributed by atoms with E-state index in [1.54, 1.807) is 13.0 Å². The van der Waals surface area contributed by atoms with Gasteiger partial charge in [-0.3, -0.25) is 0 Å². The highest BCUT2D eigenvalue weighted by Crippen LogP contribution is 2.46. The molecule has 2 aromatic rings. The number of ether oxygens (including phenoxy) is 2. The normalized spacial score (nSPS) is 12.8. The van der Waals surface area contributed by atoms with Crippen LogP contribution in [0.2, 0.25) is 0 Å². The Morgan fingerprint density at radius 3 is 2.03 bits per heavy atom. The van der Waals surface area contributed by atoms with Gasteiger partial charge < -0.3 is 9.47 Å². The average molecular weight is 422 g/mol. The van der Waals surface area contributed by atoms with Gasteiger partial charge in [0.15, 0.2) is 12.4 Å². The SMILES string of the molecule is CCCCOCC(F)(F)C(F)(F)C(F)(F)COc1ccc(-c2ncccn2)cc1. The summed E-state index contributed by atoms with van der Waals surface area (Å²) < 4.78 is 91.7. The van der Waals surface area contributed by atoms with Crippen LogP contribution in [0.1, 0.15) is 19.8 Å². The molecule has 160 valence electrons. The molecule has 2 rings (SSSR count). The lowest BCUT2D eigenvalue weighted by molar-refractivity contribution is -0.324. The molecule has 0 unspecified atom stereocenters. The zero-order chi connectivity index (χ0) is 21.5. The number of hydrogen-bond donors (Lipinski definition) is 0. The van der Waals surface area contributed by atoms with Crippen LogP contribution in [0, 0.1) is 0 Å². The third-order valence-electron chi connectivity index (χ3n) is 3.94. The molecule has 4 nitrogen and oxygen atoms in total. The molecule has 0 saturated heterocycles. The van der Waals surface area contributed by atoms with Crippen molar-refractivity contribution in [3.05, 3.63) is 42.7 Å². The molecule has 10 heteroatoms. The number of rotatable bonds is 11. The van der Waals surface area contributed by atoms with E-state index in [4.69, 9.17) is 0 Å². The van der Waals surface area contributed by atoms with Gasteiger partial charge in [-0.25, -0.2) is 9.97 Å². The molecule has 0 amide bonds. The van der Waals surface area contributed by atoms with E-state index in [-0.39, 0.29) is 12.4 Å². The summed E-state index contributed by atoms with van der Waals surface area (Å²) >= 11 is 0. The maximum absolute atomic E-state index is 13.9. The molecule has 1 heterocycles. The minimum absolute atomic E-state index is 0.192. The van der Waals surface area contributed by atoms with Crippen LogP contribution in [0.5, 0.6) is 5.75 Å². The summed E-state index contributed by atoms with van der Waals surface area (Å²) in [5, 5.41) is 0. The topological polar surface area (TPSA) is 44.2 Å². The van der Waals surface area contributed by atoms with Gasteiger partial charge in [-0.05, 0) is 36.8 Å². The highest BCUT2D eigenvalue weighted by Gasteiger charge is 2.71. The Morgan fingerprint density at radius 2 is 1.45 bits per heavy atom. The van der Waals surface area contributed by atoms with Crippen LogP contribution in [0.3, 0.4) is 0 Å². The Labute approximate surface area is 163 Å². The van der Waals surface area contributed by atoms with Gasteiger partial charge in [0.25, 0.3) is 0 Å². The van der Waals surface area contributed by atoms with Crippen molar-refractivity contribution >= 4 is 0 Å². The molecule has 1 aromatic carbocycles. The van der Waals surface area contributed by atoms with Gasteiger partial charge in [0.1, 0.15) is 12.4 Å². The van der Waals surface area contributed by atoms with Gasteiger partial charge >= 0.3 is 17.8 Å². The van der Waals surface area contributed by atoms with E-state index in [2.05, 4.69) is 19.4 Å². The Kier molecular flexibility index (Phi) is 7.45. The van der Waals surface area contributed by atoms with Crippen LogP contribution < -0.4 is 4.74 Å². The smallest absolute Gasteiger partial charge is 0.377 e. The second-order valence-corrected chi connectivity index (χ2v) is 6.27. The standard InChI is InChI=1S/C19H20F6N2O2/c1-2-3-11-28-12-17(20,21)19(24,25)18(22,23)13-29-15-7-5-14(6-8-15)16-26-9-4-10-27-16/h4-10H,2-3,11-13H2,1H3. The van der Waals surface area contributed by atoms with Crippen molar-refractivity contribution in [2.45, 2.75) is 37.5 Å². The monoisotopic (exact) mass is 422 g/mol. The molecule has 0 N–H and O–H groups in total. The number of alkyl halides is 6. The first kappa shape index (κ1) is 22.9. The first-order chi connectivity index (χ1) is 13.6. The number of benzene rings is 1. The lowest BCUT2D eigenvalue weighted by Gasteiger charge is -2.32. The average Bonchev–Trinajstić information content (AvgIpc) is 2.70. The van der Waals surface area contributed by atoms with Gasteiger partial charge in [0.2, 0.25) is 0 Å². The predicted molar refractivity (Wildman–Crippen MR) is 93.5 cm³/mol. The third kappa shape index (κ3) is 5.59. The largest absolute Gasteiger partial charge is 0.487 e. The number of unbranched alkanes of at least 4 members (excludes halogenated alkanes) is 1. The maximum Gasteiger partial charge on any atom is 0.377 e. The Balaban J connectivity index is 2.00. The van der Waals surface area contributed by atoms with E-state index in [0.717, 1.165) is 0 Å². The van der Waals surface area contributed by atoms with Gasteiger partial charge in [-0.15, -0.1) is 0 Å². The van der Waals surface area contributed by atoms with E-state index in [0.29, 0.717) is 24.2 Å². The van der Waals surface area contributed by atoms with Crippen molar-refractivity contribution in [1.82, 2.24) is 9.97 Å². The third-order valence-corrected chi connectivity index (χ3v) is 3.94. The van der Waals surface area contributed by atoms with Crippen molar-refractivity contribution in [2.75, 3.05) is 19.8 Å². The zero-order valence-electron chi connectivity index (χ0n) is 15.6. The first-order valence-corrected chi connectivity index (χ1v) is 8.82. The molecule has 0 spiro atoms. The van der Waals surface area contributed by atoms with E-state index in [1.807, 2.05) is 0 Å². The summed E-state index contributed by atoms with van der Waals surface area (Å²) in [4.78, 5) is 7.99. The highest BCUT2D eigenvalue weighted by atomic mass is 19.3. The Morgan fingerprint density at radius 1 is 0.862 bits per heavy atom. The molecule has 0 fully saturated rings. The van der Waals surface area contributed by atoms with Crippen molar-refractivity contribution in [2.24, 2.45) is 0 Å².